The number of guanidine groups is 1. The van der Waals surface area contributed by atoms with E-state index in [1.165, 1.54) is 5.56 Å². The number of aryl methyl sites for hydroxylation is 1. The summed E-state index contributed by atoms with van der Waals surface area (Å²) in [7, 11) is 3.76. The molecule has 0 radical (unpaired) electrons. The van der Waals surface area contributed by atoms with Crippen molar-refractivity contribution in [3.8, 4) is 0 Å². The number of ether oxygens (including phenoxy) is 2. The third kappa shape index (κ3) is 6.34. The van der Waals surface area contributed by atoms with E-state index in [2.05, 4.69) is 37.3 Å². The summed E-state index contributed by atoms with van der Waals surface area (Å²) in [6, 6.07) is 8.32. The molecular weight excluding hydrogens is 543 g/mol. The van der Waals surface area contributed by atoms with Gasteiger partial charge in [-0.25, -0.2) is 0 Å². The van der Waals surface area contributed by atoms with Crippen LogP contribution in [-0.2, 0) is 16.5 Å². The Morgan fingerprint density at radius 2 is 2.09 bits per heavy atom. The van der Waals surface area contributed by atoms with E-state index >= 15 is 0 Å². The van der Waals surface area contributed by atoms with Crippen LogP contribution in [0.25, 0.3) is 0 Å². The molecule has 2 aliphatic rings. The van der Waals surface area contributed by atoms with Crippen molar-refractivity contribution in [3.63, 3.8) is 0 Å². The predicted octanol–water partition coefficient (Wildman–Crippen LogP) is 2.71. The third-order valence-corrected chi connectivity index (χ3v) is 6.08. The van der Waals surface area contributed by atoms with Crippen LogP contribution in [0.1, 0.15) is 23.3 Å². The largest absolute Gasteiger partial charge is 0.379 e. The summed E-state index contributed by atoms with van der Waals surface area (Å²) in [5.41, 5.74) is 2.29. The van der Waals surface area contributed by atoms with Gasteiger partial charge in [-0.1, -0.05) is 23.7 Å². The maximum atomic E-state index is 6.30. The molecule has 2 unspecified atom stereocenters. The molecule has 4 rings (SSSR count). The van der Waals surface area contributed by atoms with Crippen molar-refractivity contribution in [2.45, 2.75) is 12.1 Å². The molecule has 3 heterocycles. The molecule has 2 aromatic rings. The van der Waals surface area contributed by atoms with Gasteiger partial charge < -0.3 is 19.7 Å². The molecule has 1 aromatic carbocycles. The molecule has 0 amide bonds. The SMILES string of the molecule is CN=C(NCC(c1cccc(Cl)c1)N1CCOCC1)N1CCOC(c2cnn(C)c2)C1.I. The Kier molecular flexibility index (Phi) is 9.60. The highest BCUT2D eigenvalue weighted by atomic mass is 127. The maximum absolute atomic E-state index is 6.30. The van der Waals surface area contributed by atoms with Gasteiger partial charge in [-0.05, 0) is 17.7 Å². The second-order valence-electron chi connectivity index (χ2n) is 7.90. The van der Waals surface area contributed by atoms with Gasteiger partial charge in [0.2, 0.25) is 0 Å². The number of rotatable bonds is 5. The molecule has 1 aromatic heterocycles. The Labute approximate surface area is 211 Å². The van der Waals surface area contributed by atoms with E-state index in [1.807, 2.05) is 43.3 Å². The maximum Gasteiger partial charge on any atom is 0.193 e. The first-order valence-electron chi connectivity index (χ1n) is 10.8. The number of morpholine rings is 2. The molecule has 32 heavy (non-hydrogen) atoms. The van der Waals surface area contributed by atoms with E-state index in [9.17, 15) is 0 Å². The Morgan fingerprint density at radius 3 is 2.78 bits per heavy atom. The van der Waals surface area contributed by atoms with Gasteiger partial charge >= 0.3 is 0 Å². The number of nitrogens with one attached hydrogen (secondary N) is 1. The van der Waals surface area contributed by atoms with Crippen LogP contribution in [0.4, 0.5) is 0 Å². The van der Waals surface area contributed by atoms with Crippen LogP contribution in [0.5, 0.6) is 0 Å². The number of aliphatic imine (C=N–C) groups is 1. The summed E-state index contributed by atoms with van der Waals surface area (Å²) in [6.07, 6.45) is 3.87. The molecule has 176 valence electrons. The van der Waals surface area contributed by atoms with Crippen LogP contribution in [0.3, 0.4) is 0 Å². The number of benzene rings is 1. The molecular formula is C22H32ClIN6O2. The van der Waals surface area contributed by atoms with E-state index in [0.717, 1.165) is 62.5 Å². The number of hydrogen-bond donors (Lipinski definition) is 1. The monoisotopic (exact) mass is 574 g/mol. The number of nitrogens with zero attached hydrogens (tertiary/aromatic N) is 5. The van der Waals surface area contributed by atoms with Gasteiger partial charge in [0.05, 0.1) is 38.6 Å². The Hall–Kier alpha value is -1.40. The second kappa shape index (κ2) is 12.2. The van der Waals surface area contributed by atoms with Gasteiger partial charge in [0.1, 0.15) is 6.10 Å². The third-order valence-electron chi connectivity index (χ3n) is 5.85. The molecule has 2 fully saturated rings. The van der Waals surface area contributed by atoms with Crippen molar-refractivity contribution < 1.29 is 9.47 Å². The lowest BCUT2D eigenvalue weighted by Gasteiger charge is -2.38. The second-order valence-corrected chi connectivity index (χ2v) is 8.34. The molecule has 2 saturated heterocycles. The van der Waals surface area contributed by atoms with Crippen molar-refractivity contribution in [1.82, 2.24) is 24.9 Å². The van der Waals surface area contributed by atoms with Crippen LogP contribution in [0.2, 0.25) is 5.02 Å². The Morgan fingerprint density at radius 1 is 1.28 bits per heavy atom. The smallest absolute Gasteiger partial charge is 0.193 e. The van der Waals surface area contributed by atoms with Crippen molar-refractivity contribution >= 4 is 41.5 Å². The normalized spacial score (nSPS) is 21.2. The highest BCUT2D eigenvalue weighted by Gasteiger charge is 2.27. The summed E-state index contributed by atoms with van der Waals surface area (Å²) in [6.45, 7) is 6.24. The lowest BCUT2D eigenvalue weighted by Crippen LogP contribution is -2.50. The first-order valence-corrected chi connectivity index (χ1v) is 11.1. The van der Waals surface area contributed by atoms with Crippen molar-refractivity contribution in [3.05, 3.63) is 52.8 Å². The number of hydrogen-bond acceptors (Lipinski definition) is 5. The van der Waals surface area contributed by atoms with Crippen LogP contribution in [0.15, 0.2) is 41.7 Å². The van der Waals surface area contributed by atoms with Crippen LogP contribution in [-0.4, -0.2) is 85.1 Å². The van der Waals surface area contributed by atoms with Gasteiger partial charge in [-0.15, -0.1) is 24.0 Å². The van der Waals surface area contributed by atoms with Gasteiger partial charge in [0, 0.05) is 57.1 Å². The Balaban J connectivity index is 0.00000289. The van der Waals surface area contributed by atoms with Crippen LogP contribution < -0.4 is 5.32 Å². The van der Waals surface area contributed by atoms with E-state index < -0.39 is 0 Å². The molecule has 0 saturated carbocycles. The average Bonchev–Trinajstić information content (AvgIpc) is 3.24. The summed E-state index contributed by atoms with van der Waals surface area (Å²) in [5, 5.41) is 8.64. The lowest BCUT2D eigenvalue weighted by atomic mass is 10.0. The zero-order valence-electron chi connectivity index (χ0n) is 18.6. The van der Waals surface area contributed by atoms with Crippen molar-refractivity contribution in [2.24, 2.45) is 12.0 Å². The van der Waals surface area contributed by atoms with E-state index in [-0.39, 0.29) is 36.1 Å². The lowest BCUT2D eigenvalue weighted by molar-refractivity contribution is -0.00853. The fourth-order valence-electron chi connectivity index (χ4n) is 4.23. The highest BCUT2D eigenvalue weighted by Crippen LogP contribution is 2.25. The average molecular weight is 575 g/mol. The molecule has 0 spiro atoms. The van der Waals surface area contributed by atoms with Crippen molar-refractivity contribution in [1.29, 1.82) is 0 Å². The molecule has 0 bridgehead atoms. The minimum atomic E-state index is -0.0102. The minimum Gasteiger partial charge on any atom is -0.379 e. The summed E-state index contributed by atoms with van der Waals surface area (Å²) in [4.78, 5) is 9.27. The fourth-order valence-corrected chi connectivity index (χ4v) is 4.43. The predicted molar refractivity (Wildman–Crippen MR) is 137 cm³/mol. The molecule has 2 atom stereocenters. The Bertz CT molecular complexity index is 889. The molecule has 10 heteroatoms. The summed E-state index contributed by atoms with van der Waals surface area (Å²) >= 11 is 6.30. The number of halogens is 2. The van der Waals surface area contributed by atoms with Gasteiger partial charge in [-0.3, -0.25) is 14.6 Å². The van der Waals surface area contributed by atoms with E-state index in [4.69, 9.17) is 21.1 Å². The standard InChI is InChI=1S/C22H31ClN6O2.HI/c1-24-22(29-8-11-31-21(16-29)18-13-26-27(2)15-18)25-14-20(28-6-9-30-10-7-28)17-4-3-5-19(23)12-17;/h3-5,12-13,15,20-21H,6-11,14,16H2,1-2H3,(H,24,25);1H. The quantitative estimate of drug-likeness (QED) is 0.337. The van der Waals surface area contributed by atoms with Crippen LogP contribution >= 0.6 is 35.6 Å². The van der Waals surface area contributed by atoms with Gasteiger partial charge in [0.25, 0.3) is 0 Å². The molecule has 1 N–H and O–H groups in total. The number of aromatic nitrogens is 2. The molecule has 0 aliphatic carbocycles. The summed E-state index contributed by atoms with van der Waals surface area (Å²) in [5.74, 6) is 0.887. The van der Waals surface area contributed by atoms with Crippen molar-refractivity contribution in [2.75, 3.05) is 59.6 Å². The minimum absolute atomic E-state index is 0. The highest BCUT2D eigenvalue weighted by molar-refractivity contribution is 14.0. The van der Waals surface area contributed by atoms with Gasteiger partial charge in [0.15, 0.2) is 5.96 Å². The van der Waals surface area contributed by atoms with Crippen LogP contribution in [0, 0.1) is 0 Å². The zero-order chi connectivity index (χ0) is 21.6. The fraction of sp³-hybridized carbons (Fsp3) is 0.545. The van der Waals surface area contributed by atoms with Gasteiger partial charge in [-0.2, -0.15) is 5.10 Å². The molecule has 2 aliphatic heterocycles. The van der Waals surface area contributed by atoms with E-state index in [0.29, 0.717) is 6.61 Å². The summed E-state index contributed by atoms with van der Waals surface area (Å²) < 4.78 is 13.4. The van der Waals surface area contributed by atoms with E-state index in [1.54, 1.807) is 0 Å². The zero-order valence-corrected chi connectivity index (χ0v) is 21.7. The molecule has 8 nitrogen and oxygen atoms in total. The first-order chi connectivity index (χ1) is 15.1. The first kappa shape index (κ1) is 25.2. The topological polar surface area (TPSA) is 67.2 Å².